The van der Waals surface area contributed by atoms with Crippen LogP contribution < -0.4 is 10.6 Å². The van der Waals surface area contributed by atoms with E-state index in [1.807, 2.05) is 16.9 Å². The standard InChI is InChI=1S/C12H14N4O4S/c1-2-13-11(19)15-9(17)7-20-10(18)5-8-6-16-3-4-21-12(16)14-8/h3-4,6H,2,5,7H2,1H3,(H2,13,15,17,19). The number of thiazole rings is 1. The first kappa shape index (κ1) is 15.0. The van der Waals surface area contributed by atoms with E-state index in [2.05, 4.69) is 10.3 Å². The monoisotopic (exact) mass is 310 g/mol. The third-order valence-corrected chi connectivity index (χ3v) is 3.19. The molecule has 0 saturated heterocycles. The van der Waals surface area contributed by atoms with Gasteiger partial charge >= 0.3 is 12.0 Å². The predicted molar refractivity (Wildman–Crippen MR) is 74.9 cm³/mol. The highest BCUT2D eigenvalue weighted by Crippen LogP contribution is 2.11. The number of urea groups is 1. The number of carbonyl (C=O) groups excluding carboxylic acids is 3. The number of nitrogens with zero attached hydrogens (tertiary/aromatic N) is 2. The van der Waals surface area contributed by atoms with E-state index in [1.165, 1.54) is 11.3 Å². The molecular formula is C12H14N4O4S. The first-order valence-electron chi connectivity index (χ1n) is 6.23. The molecule has 3 amide bonds. The van der Waals surface area contributed by atoms with E-state index in [9.17, 15) is 14.4 Å². The van der Waals surface area contributed by atoms with Crippen molar-refractivity contribution in [2.45, 2.75) is 13.3 Å². The van der Waals surface area contributed by atoms with Crippen molar-refractivity contribution in [2.24, 2.45) is 0 Å². The largest absolute Gasteiger partial charge is 0.455 e. The smallest absolute Gasteiger partial charge is 0.321 e. The summed E-state index contributed by atoms with van der Waals surface area (Å²) < 4.78 is 6.58. The fourth-order valence-electron chi connectivity index (χ4n) is 1.57. The van der Waals surface area contributed by atoms with E-state index in [4.69, 9.17) is 4.74 Å². The maximum atomic E-state index is 11.6. The summed E-state index contributed by atoms with van der Waals surface area (Å²) in [6.45, 7) is 1.62. The maximum Gasteiger partial charge on any atom is 0.321 e. The average Bonchev–Trinajstić information content (AvgIpc) is 2.97. The Morgan fingerprint density at radius 2 is 2.24 bits per heavy atom. The minimum Gasteiger partial charge on any atom is -0.455 e. The van der Waals surface area contributed by atoms with Gasteiger partial charge in [-0.1, -0.05) is 0 Å². The molecule has 112 valence electrons. The summed E-state index contributed by atoms with van der Waals surface area (Å²) >= 11 is 1.46. The number of nitrogens with one attached hydrogen (secondary N) is 2. The maximum absolute atomic E-state index is 11.6. The van der Waals surface area contributed by atoms with Gasteiger partial charge in [0, 0.05) is 24.3 Å². The molecular weight excluding hydrogens is 296 g/mol. The lowest BCUT2D eigenvalue weighted by molar-refractivity contribution is -0.147. The Hall–Kier alpha value is -2.42. The van der Waals surface area contributed by atoms with Crippen LogP contribution >= 0.6 is 11.3 Å². The quantitative estimate of drug-likeness (QED) is 0.775. The zero-order chi connectivity index (χ0) is 15.2. The van der Waals surface area contributed by atoms with Gasteiger partial charge in [-0.15, -0.1) is 11.3 Å². The molecule has 0 saturated carbocycles. The fourth-order valence-corrected chi connectivity index (χ4v) is 2.29. The summed E-state index contributed by atoms with van der Waals surface area (Å²) in [5.41, 5.74) is 0.566. The predicted octanol–water partition coefficient (Wildman–Crippen LogP) is 0.327. The normalized spacial score (nSPS) is 10.3. The first-order valence-corrected chi connectivity index (χ1v) is 7.11. The van der Waals surface area contributed by atoms with Crippen LogP contribution in [0.3, 0.4) is 0 Å². The molecule has 0 aromatic carbocycles. The number of imide groups is 1. The zero-order valence-electron chi connectivity index (χ0n) is 11.3. The number of imidazole rings is 1. The second-order valence-electron chi connectivity index (χ2n) is 4.07. The molecule has 2 N–H and O–H groups in total. The van der Waals surface area contributed by atoms with E-state index < -0.39 is 24.5 Å². The Morgan fingerprint density at radius 3 is 2.95 bits per heavy atom. The van der Waals surface area contributed by atoms with Gasteiger partial charge in [0.1, 0.15) is 0 Å². The molecule has 2 heterocycles. The molecule has 8 nitrogen and oxygen atoms in total. The summed E-state index contributed by atoms with van der Waals surface area (Å²) in [5, 5.41) is 6.31. The van der Waals surface area contributed by atoms with E-state index in [0.717, 1.165) is 4.96 Å². The van der Waals surface area contributed by atoms with Gasteiger partial charge in [0.05, 0.1) is 12.1 Å². The summed E-state index contributed by atoms with van der Waals surface area (Å²) in [6, 6.07) is -0.618. The third-order valence-electron chi connectivity index (χ3n) is 2.42. The zero-order valence-corrected chi connectivity index (χ0v) is 12.1. The van der Waals surface area contributed by atoms with Gasteiger partial charge < -0.3 is 10.1 Å². The Morgan fingerprint density at radius 1 is 1.43 bits per heavy atom. The number of esters is 1. The highest BCUT2D eigenvalue weighted by atomic mass is 32.1. The van der Waals surface area contributed by atoms with Crippen LogP contribution in [0.1, 0.15) is 12.6 Å². The van der Waals surface area contributed by atoms with Crippen molar-refractivity contribution in [3.05, 3.63) is 23.5 Å². The van der Waals surface area contributed by atoms with Gasteiger partial charge in [-0.05, 0) is 6.92 Å². The van der Waals surface area contributed by atoms with Crippen molar-refractivity contribution >= 4 is 34.2 Å². The third kappa shape index (κ3) is 4.28. The van der Waals surface area contributed by atoms with Crippen LogP contribution in [-0.2, 0) is 20.7 Å². The SMILES string of the molecule is CCNC(=O)NC(=O)COC(=O)Cc1cn2ccsc2n1. The summed E-state index contributed by atoms with van der Waals surface area (Å²) in [7, 11) is 0. The molecule has 0 spiro atoms. The number of hydrogen-bond acceptors (Lipinski definition) is 6. The second kappa shape index (κ2) is 6.84. The van der Waals surface area contributed by atoms with Crippen molar-refractivity contribution in [1.82, 2.24) is 20.0 Å². The number of hydrogen-bond donors (Lipinski definition) is 2. The summed E-state index contributed by atoms with van der Waals surface area (Å²) in [6.07, 6.45) is 3.53. The van der Waals surface area contributed by atoms with Crippen molar-refractivity contribution in [3.63, 3.8) is 0 Å². The van der Waals surface area contributed by atoms with E-state index >= 15 is 0 Å². The minimum atomic E-state index is -0.680. The van der Waals surface area contributed by atoms with Crippen LogP contribution in [0.2, 0.25) is 0 Å². The molecule has 0 radical (unpaired) electrons. The number of aromatic nitrogens is 2. The highest BCUT2D eigenvalue weighted by Gasteiger charge is 2.12. The molecule has 0 aliphatic rings. The average molecular weight is 310 g/mol. The number of ether oxygens (including phenoxy) is 1. The van der Waals surface area contributed by atoms with Gasteiger partial charge in [0.15, 0.2) is 11.6 Å². The van der Waals surface area contributed by atoms with Crippen LogP contribution in [0.15, 0.2) is 17.8 Å². The summed E-state index contributed by atoms with van der Waals surface area (Å²) in [4.78, 5) is 39.0. The second-order valence-corrected chi connectivity index (χ2v) is 4.94. The highest BCUT2D eigenvalue weighted by molar-refractivity contribution is 7.15. The molecule has 0 atom stereocenters. The van der Waals surface area contributed by atoms with Gasteiger partial charge in [-0.3, -0.25) is 19.3 Å². The van der Waals surface area contributed by atoms with Gasteiger partial charge in [-0.25, -0.2) is 9.78 Å². The lowest BCUT2D eigenvalue weighted by Gasteiger charge is -2.05. The van der Waals surface area contributed by atoms with Crippen LogP contribution in [0.25, 0.3) is 4.96 Å². The number of carbonyl (C=O) groups is 3. The number of fused-ring (bicyclic) bond motifs is 1. The Kier molecular flexibility index (Phi) is 4.88. The molecule has 0 aliphatic carbocycles. The van der Waals surface area contributed by atoms with Crippen LogP contribution in [0, 0.1) is 0 Å². The Balaban J connectivity index is 1.75. The summed E-state index contributed by atoms with van der Waals surface area (Å²) in [5.74, 6) is -1.26. The number of rotatable bonds is 5. The van der Waals surface area contributed by atoms with Gasteiger partial charge in [0.25, 0.3) is 5.91 Å². The van der Waals surface area contributed by atoms with Crippen molar-refractivity contribution in [1.29, 1.82) is 0 Å². The number of amides is 3. The van der Waals surface area contributed by atoms with Crippen molar-refractivity contribution in [2.75, 3.05) is 13.2 Å². The van der Waals surface area contributed by atoms with Gasteiger partial charge in [-0.2, -0.15) is 0 Å². The van der Waals surface area contributed by atoms with E-state index in [0.29, 0.717) is 12.2 Å². The van der Waals surface area contributed by atoms with Crippen molar-refractivity contribution in [3.8, 4) is 0 Å². The molecule has 2 aromatic heterocycles. The van der Waals surface area contributed by atoms with Crippen LogP contribution in [0.4, 0.5) is 4.79 Å². The lowest BCUT2D eigenvalue weighted by atomic mass is 10.3. The van der Waals surface area contributed by atoms with Crippen molar-refractivity contribution < 1.29 is 19.1 Å². The van der Waals surface area contributed by atoms with Crippen LogP contribution in [0.5, 0.6) is 0 Å². The molecule has 9 heteroatoms. The molecule has 0 fully saturated rings. The molecule has 2 aromatic rings. The fraction of sp³-hybridized carbons (Fsp3) is 0.333. The minimum absolute atomic E-state index is 0.0250. The van der Waals surface area contributed by atoms with E-state index in [1.54, 1.807) is 17.5 Å². The molecule has 2 rings (SSSR count). The molecule has 21 heavy (non-hydrogen) atoms. The van der Waals surface area contributed by atoms with E-state index in [-0.39, 0.29) is 6.42 Å². The lowest BCUT2D eigenvalue weighted by Crippen LogP contribution is -2.41. The first-order chi connectivity index (χ1) is 10.1. The molecule has 0 aliphatic heterocycles. The molecule has 0 unspecified atom stereocenters. The van der Waals surface area contributed by atoms with Crippen LogP contribution in [-0.4, -0.2) is 40.4 Å². The Bertz CT molecular complexity index is 635. The molecule has 0 bridgehead atoms. The van der Waals surface area contributed by atoms with Gasteiger partial charge in [0.2, 0.25) is 0 Å². The topological polar surface area (TPSA) is 102 Å². The Labute approximate surface area is 124 Å².